The number of ether oxygens (including phenoxy) is 1. The van der Waals surface area contributed by atoms with E-state index in [9.17, 15) is 22.8 Å². The average molecular weight is 377 g/mol. The number of amides is 3. The first-order valence-corrected chi connectivity index (χ1v) is 8.43. The van der Waals surface area contributed by atoms with Gasteiger partial charge in [-0.25, -0.2) is 9.59 Å². The van der Waals surface area contributed by atoms with Gasteiger partial charge in [-0.1, -0.05) is 0 Å². The van der Waals surface area contributed by atoms with E-state index in [-0.39, 0.29) is 22.7 Å². The number of rotatable bonds is 3. The van der Waals surface area contributed by atoms with E-state index in [0.717, 1.165) is 0 Å². The van der Waals surface area contributed by atoms with Crippen LogP contribution in [0.1, 0.15) is 6.92 Å². The molecule has 0 saturated carbocycles. The number of alkyl halides is 3. The summed E-state index contributed by atoms with van der Waals surface area (Å²) in [5, 5.41) is 2.63. The fourth-order valence-corrected chi connectivity index (χ4v) is 2.79. The topological polar surface area (TPSA) is 61.9 Å². The van der Waals surface area contributed by atoms with Crippen LogP contribution in [0.2, 0.25) is 0 Å². The minimum atomic E-state index is -4.34. The van der Waals surface area contributed by atoms with Gasteiger partial charge in [0.25, 0.3) is 0 Å². The summed E-state index contributed by atoms with van der Waals surface area (Å²) in [4.78, 5) is 26.9. The van der Waals surface area contributed by atoms with Crippen molar-refractivity contribution in [2.24, 2.45) is 0 Å². The summed E-state index contributed by atoms with van der Waals surface area (Å²) in [6, 6.07) is 5.07. The van der Waals surface area contributed by atoms with Crippen LogP contribution in [-0.2, 0) is 4.74 Å². The van der Waals surface area contributed by atoms with E-state index in [1.807, 2.05) is 0 Å². The number of urea groups is 1. The van der Waals surface area contributed by atoms with Crippen LogP contribution in [0, 0.1) is 0 Å². The molecule has 1 N–H and O–H groups in total. The molecule has 6 nitrogen and oxygen atoms in total. The molecule has 10 heteroatoms. The van der Waals surface area contributed by atoms with Crippen molar-refractivity contribution in [1.29, 1.82) is 0 Å². The number of anilines is 1. The number of carbonyl (C=O) groups is 2. The molecule has 0 bridgehead atoms. The van der Waals surface area contributed by atoms with Crippen LogP contribution in [0.5, 0.6) is 0 Å². The molecular formula is C15H18F3N3O3S. The van der Waals surface area contributed by atoms with Crippen molar-refractivity contribution >= 4 is 29.6 Å². The summed E-state index contributed by atoms with van der Waals surface area (Å²) in [5.74, 6) is 0. The fraction of sp³-hybridized carbons (Fsp3) is 0.467. The number of carbonyl (C=O) groups excluding carboxylic acids is 2. The van der Waals surface area contributed by atoms with Crippen LogP contribution < -0.4 is 5.32 Å². The molecule has 1 aliphatic heterocycles. The lowest BCUT2D eigenvalue weighted by Crippen LogP contribution is -2.51. The number of thioether (sulfide) groups is 1. The summed E-state index contributed by atoms with van der Waals surface area (Å²) in [6.45, 7) is 3.46. The summed E-state index contributed by atoms with van der Waals surface area (Å²) < 4.78 is 41.7. The van der Waals surface area contributed by atoms with Crippen LogP contribution in [0.25, 0.3) is 0 Å². The molecule has 1 fully saturated rings. The van der Waals surface area contributed by atoms with Crippen molar-refractivity contribution in [3.63, 3.8) is 0 Å². The maximum Gasteiger partial charge on any atom is 0.446 e. The Morgan fingerprint density at radius 1 is 1.12 bits per heavy atom. The van der Waals surface area contributed by atoms with Gasteiger partial charge in [-0.05, 0) is 43.0 Å². The number of halogens is 3. The zero-order valence-electron chi connectivity index (χ0n) is 13.5. The van der Waals surface area contributed by atoms with E-state index in [1.54, 1.807) is 6.92 Å². The van der Waals surface area contributed by atoms with Crippen molar-refractivity contribution in [2.45, 2.75) is 17.3 Å². The molecule has 3 amide bonds. The molecule has 25 heavy (non-hydrogen) atoms. The first-order valence-electron chi connectivity index (χ1n) is 7.62. The molecule has 1 aromatic rings. The number of benzene rings is 1. The smallest absolute Gasteiger partial charge is 0.446 e. The normalized spacial score (nSPS) is 15.0. The molecule has 1 aromatic carbocycles. The van der Waals surface area contributed by atoms with Crippen LogP contribution in [0.4, 0.5) is 28.4 Å². The molecule has 0 atom stereocenters. The maximum atomic E-state index is 12.3. The first kappa shape index (κ1) is 19.2. The highest BCUT2D eigenvalue weighted by Crippen LogP contribution is 2.37. The highest BCUT2D eigenvalue weighted by molar-refractivity contribution is 8.00. The monoisotopic (exact) mass is 377 g/mol. The lowest BCUT2D eigenvalue weighted by Gasteiger charge is -2.34. The van der Waals surface area contributed by atoms with E-state index >= 15 is 0 Å². The molecule has 2 rings (SSSR count). The third-order valence-electron chi connectivity index (χ3n) is 3.43. The third kappa shape index (κ3) is 6.04. The van der Waals surface area contributed by atoms with Crippen LogP contribution in [-0.4, -0.2) is 60.2 Å². The quantitative estimate of drug-likeness (QED) is 0.818. The standard InChI is InChI=1S/C15H18F3N3O3S/c1-2-24-14(23)21-9-7-20(8-10-21)13(22)19-11-3-5-12(6-4-11)25-15(16,17)18/h3-6H,2,7-10H2,1H3,(H,19,22). The molecule has 0 spiro atoms. The number of piperazine rings is 1. The second kappa shape index (κ2) is 8.32. The van der Waals surface area contributed by atoms with Gasteiger partial charge in [0.15, 0.2) is 0 Å². The number of nitrogens with zero attached hydrogens (tertiary/aromatic N) is 2. The Bertz CT molecular complexity index is 602. The van der Waals surface area contributed by atoms with E-state index < -0.39 is 11.6 Å². The van der Waals surface area contributed by atoms with Gasteiger partial charge in [0.2, 0.25) is 0 Å². The Kier molecular flexibility index (Phi) is 6.40. The summed E-state index contributed by atoms with van der Waals surface area (Å²) in [7, 11) is 0. The van der Waals surface area contributed by atoms with E-state index in [0.29, 0.717) is 38.5 Å². The molecule has 1 saturated heterocycles. The van der Waals surface area contributed by atoms with Gasteiger partial charge in [-0.15, -0.1) is 0 Å². The maximum absolute atomic E-state index is 12.3. The lowest BCUT2D eigenvalue weighted by molar-refractivity contribution is -0.0328. The highest BCUT2D eigenvalue weighted by atomic mass is 32.2. The largest absolute Gasteiger partial charge is 0.450 e. The minimum Gasteiger partial charge on any atom is -0.450 e. The number of hydrogen-bond acceptors (Lipinski definition) is 4. The van der Waals surface area contributed by atoms with E-state index in [2.05, 4.69) is 5.32 Å². The molecule has 0 aliphatic carbocycles. The van der Waals surface area contributed by atoms with Crippen LogP contribution in [0.3, 0.4) is 0 Å². The molecule has 1 aliphatic rings. The minimum absolute atomic E-state index is 0.0496. The van der Waals surface area contributed by atoms with Crippen molar-refractivity contribution in [2.75, 3.05) is 38.1 Å². The number of hydrogen-bond donors (Lipinski definition) is 1. The Morgan fingerprint density at radius 3 is 2.20 bits per heavy atom. The number of nitrogens with one attached hydrogen (secondary N) is 1. The molecule has 138 valence electrons. The van der Waals surface area contributed by atoms with Crippen molar-refractivity contribution in [3.8, 4) is 0 Å². The highest BCUT2D eigenvalue weighted by Gasteiger charge is 2.29. The Morgan fingerprint density at radius 2 is 1.68 bits per heavy atom. The average Bonchev–Trinajstić information content (AvgIpc) is 2.55. The van der Waals surface area contributed by atoms with E-state index in [1.165, 1.54) is 34.1 Å². The molecule has 0 unspecified atom stereocenters. The summed E-state index contributed by atoms with van der Waals surface area (Å²) in [6.07, 6.45) is -0.402. The molecule has 1 heterocycles. The second-order valence-corrected chi connectivity index (χ2v) is 6.31. The van der Waals surface area contributed by atoms with Gasteiger partial charge in [0, 0.05) is 36.8 Å². The zero-order chi connectivity index (χ0) is 18.4. The lowest BCUT2D eigenvalue weighted by atomic mass is 10.3. The second-order valence-electron chi connectivity index (χ2n) is 5.18. The zero-order valence-corrected chi connectivity index (χ0v) is 14.3. The van der Waals surface area contributed by atoms with Gasteiger partial charge in [-0.3, -0.25) is 0 Å². The van der Waals surface area contributed by atoms with Gasteiger partial charge < -0.3 is 19.9 Å². The van der Waals surface area contributed by atoms with E-state index in [4.69, 9.17) is 4.74 Å². The van der Waals surface area contributed by atoms with Crippen LogP contribution in [0.15, 0.2) is 29.2 Å². The molecule has 0 radical (unpaired) electrons. The van der Waals surface area contributed by atoms with Gasteiger partial charge >= 0.3 is 17.6 Å². The van der Waals surface area contributed by atoms with Gasteiger partial charge in [0.1, 0.15) is 0 Å². The molecule has 0 aromatic heterocycles. The summed E-state index contributed by atoms with van der Waals surface area (Å²) >= 11 is -0.209. The molecular weight excluding hydrogens is 359 g/mol. The Labute approximate surface area is 147 Å². The van der Waals surface area contributed by atoms with Crippen molar-refractivity contribution in [3.05, 3.63) is 24.3 Å². The Hall–Kier alpha value is -2.10. The fourth-order valence-electron chi connectivity index (χ4n) is 2.25. The predicted octanol–water partition coefficient (Wildman–Crippen LogP) is 3.60. The predicted molar refractivity (Wildman–Crippen MR) is 87.5 cm³/mol. The first-order chi connectivity index (χ1) is 11.8. The Balaban J connectivity index is 1.83. The SMILES string of the molecule is CCOC(=O)N1CCN(C(=O)Nc2ccc(SC(F)(F)F)cc2)CC1. The van der Waals surface area contributed by atoms with Crippen molar-refractivity contribution < 1.29 is 27.5 Å². The van der Waals surface area contributed by atoms with Crippen LogP contribution >= 0.6 is 11.8 Å². The third-order valence-corrected chi connectivity index (χ3v) is 4.17. The summed E-state index contributed by atoms with van der Waals surface area (Å²) in [5.41, 5.74) is -3.94. The van der Waals surface area contributed by atoms with Crippen molar-refractivity contribution in [1.82, 2.24) is 9.80 Å². The van der Waals surface area contributed by atoms with Gasteiger partial charge in [-0.2, -0.15) is 13.2 Å². The van der Waals surface area contributed by atoms with Gasteiger partial charge in [0.05, 0.1) is 6.61 Å².